The Labute approximate surface area is 114 Å². The summed E-state index contributed by atoms with van der Waals surface area (Å²) >= 11 is 0. The molecular weight excluding hydrogens is 240 g/mol. The lowest BCUT2D eigenvalue weighted by molar-refractivity contribution is -0.132. The van der Waals surface area contributed by atoms with Gasteiger partial charge < -0.3 is 15.4 Å². The zero-order chi connectivity index (χ0) is 13.7. The number of hydrogen-bond acceptors (Lipinski definition) is 3. The number of aryl methyl sites for hydroxylation is 1. The van der Waals surface area contributed by atoms with E-state index in [1.807, 2.05) is 23.1 Å². The predicted octanol–water partition coefficient (Wildman–Crippen LogP) is 1.19. The second-order valence-electron chi connectivity index (χ2n) is 5.06. The van der Waals surface area contributed by atoms with Crippen LogP contribution in [0.2, 0.25) is 0 Å². The van der Waals surface area contributed by atoms with Gasteiger partial charge in [0, 0.05) is 20.2 Å². The van der Waals surface area contributed by atoms with E-state index in [0.29, 0.717) is 13.0 Å². The molecular formula is C15H22N2O2. The van der Waals surface area contributed by atoms with E-state index in [0.717, 1.165) is 19.4 Å². The molecule has 1 aliphatic heterocycles. The lowest BCUT2D eigenvalue weighted by atomic mass is 10.1. The Morgan fingerprint density at radius 2 is 2.21 bits per heavy atom. The van der Waals surface area contributed by atoms with Crippen molar-refractivity contribution in [3.63, 3.8) is 0 Å². The maximum absolute atomic E-state index is 12.2. The standard InChI is InChI=1S/C15H22N2O2/c1-19-13-9-10-17(11-13)15(18)14(16)8-7-12-5-3-2-4-6-12/h2-6,13-14H,7-11,16H2,1H3. The van der Waals surface area contributed by atoms with Gasteiger partial charge in [-0.25, -0.2) is 0 Å². The molecule has 2 rings (SSSR count). The number of benzene rings is 1. The molecule has 4 heteroatoms. The topological polar surface area (TPSA) is 55.6 Å². The van der Waals surface area contributed by atoms with Crippen LogP contribution in [0.15, 0.2) is 30.3 Å². The summed E-state index contributed by atoms with van der Waals surface area (Å²) in [6, 6.07) is 9.72. The monoisotopic (exact) mass is 262 g/mol. The molecule has 1 heterocycles. The Hall–Kier alpha value is -1.39. The van der Waals surface area contributed by atoms with Crippen molar-refractivity contribution in [3.8, 4) is 0 Å². The summed E-state index contributed by atoms with van der Waals surface area (Å²) in [6.45, 7) is 1.44. The quantitative estimate of drug-likeness (QED) is 0.867. The third-order valence-corrected chi connectivity index (χ3v) is 3.69. The first-order valence-corrected chi connectivity index (χ1v) is 6.82. The van der Waals surface area contributed by atoms with E-state index in [2.05, 4.69) is 12.1 Å². The van der Waals surface area contributed by atoms with E-state index in [1.165, 1.54) is 5.56 Å². The van der Waals surface area contributed by atoms with E-state index in [-0.39, 0.29) is 12.0 Å². The number of ether oxygens (including phenoxy) is 1. The number of rotatable bonds is 5. The van der Waals surface area contributed by atoms with Gasteiger partial charge in [0.25, 0.3) is 0 Å². The van der Waals surface area contributed by atoms with Crippen LogP contribution < -0.4 is 5.73 Å². The first kappa shape index (κ1) is 14.0. The lowest BCUT2D eigenvalue weighted by Gasteiger charge is -2.20. The SMILES string of the molecule is COC1CCN(C(=O)C(N)CCc2ccccc2)C1. The number of nitrogens with two attached hydrogens (primary N) is 1. The maximum Gasteiger partial charge on any atom is 0.239 e. The third-order valence-electron chi connectivity index (χ3n) is 3.69. The molecule has 0 radical (unpaired) electrons. The fraction of sp³-hybridized carbons (Fsp3) is 0.533. The van der Waals surface area contributed by atoms with Crippen molar-refractivity contribution < 1.29 is 9.53 Å². The molecule has 19 heavy (non-hydrogen) atoms. The molecule has 4 nitrogen and oxygen atoms in total. The molecule has 1 saturated heterocycles. The van der Waals surface area contributed by atoms with Crippen molar-refractivity contribution in [2.24, 2.45) is 5.73 Å². The highest BCUT2D eigenvalue weighted by molar-refractivity contribution is 5.81. The largest absolute Gasteiger partial charge is 0.380 e. The van der Waals surface area contributed by atoms with Crippen molar-refractivity contribution in [1.29, 1.82) is 0 Å². The van der Waals surface area contributed by atoms with Gasteiger partial charge in [-0.2, -0.15) is 0 Å². The summed E-state index contributed by atoms with van der Waals surface area (Å²) in [5, 5.41) is 0. The number of carbonyl (C=O) groups excluding carboxylic acids is 1. The first-order valence-electron chi connectivity index (χ1n) is 6.82. The number of carbonyl (C=O) groups is 1. The normalized spacial score (nSPS) is 20.5. The average molecular weight is 262 g/mol. The van der Waals surface area contributed by atoms with Crippen LogP contribution in [0.3, 0.4) is 0 Å². The third kappa shape index (κ3) is 3.78. The van der Waals surface area contributed by atoms with Crippen LogP contribution in [0, 0.1) is 0 Å². The number of hydrogen-bond donors (Lipinski definition) is 1. The highest BCUT2D eigenvalue weighted by atomic mass is 16.5. The molecule has 1 aromatic carbocycles. The molecule has 2 atom stereocenters. The summed E-state index contributed by atoms with van der Waals surface area (Å²) in [5.41, 5.74) is 7.22. The fourth-order valence-electron chi connectivity index (χ4n) is 2.45. The van der Waals surface area contributed by atoms with Crippen LogP contribution in [0.25, 0.3) is 0 Å². The minimum Gasteiger partial charge on any atom is -0.380 e. The molecule has 2 N–H and O–H groups in total. The number of amides is 1. The van der Waals surface area contributed by atoms with Gasteiger partial charge in [0.05, 0.1) is 12.1 Å². The minimum absolute atomic E-state index is 0.0514. The molecule has 0 bridgehead atoms. The molecule has 2 unspecified atom stereocenters. The second kappa shape index (κ2) is 6.68. The Balaban J connectivity index is 1.80. The molecule has 1 aliphatic rings. The van der Waals surface area contributed by atoms with Crippen LogP contribution >= 0.6 is 0 Å². The second-order valence-corrected chi connectivity index (χ2v) is 5.06. The number of nitrogens with zero attached hydrogens (tertiary/aromatic N) is 1. The molecule has 0 saturated carbocycles. The molecule has 0 spiro atoms. The van der Waals surface area contributed by atoms with Gasteiger partial charge >= 0.3 is 0 Å². The minimum atomic E-state index is -0.407. The van der Waals surface area contributed by atoms with Gasteiger partial charge in [-0.15, -0.1) is 0 Å². The Bertz CT molecular complexity index is 408. The molecule has 1 amide bonds. The highest BCUT2D eigenvalue weighted by Crippen LogP contribution is 2.14. The van der Waals surface area contributed by atoms with Crippen molar-refractivity contribution in [2.75, 3.05) is 20.2 Å². The lowest BCUT2D eigenvalue weighted by Crippen LogP contribution is -2.43. The molecule has 0 aliphatic carbocycles. The van der Waals surface area contributed by atoms with Gasteiger partial charge in [-0.1, -0.05) is 30.3 Å². The van der Waals surface area contributed by atoms with Crippen LogP contribution in [0.5, 0.6) is 0 Å². The van der Waals surface area contributed by atoms with Gasteiger partial charge in [-0.05, 0) is 24.8 Å². The van der Waals surface area contributed by atoms with Crippen LogP contribution in [-0.2, 0) is 16.0 Å². The summed E-state index contributed by atoms with van der Waals surface area (Å²) < 4.78 is 5.27. The Morgan fingerprint density at radius 1 is 1.47 bits per heavy atom. The van der Waals surface area contributed by atoms with Crippen molar-refractivity contribution in [1.82, 2.24) is 4.90 Å². The maximum atomic E-state index is 12.2. The van der Waals surface area contributed by atoms with Gasteiger partial charge in [0.2, 0.25) is 5.91 Å². The van der Waals surface area contributed by atoms with E-state index in [4.69, 9.17) is 10.5 Å². The first-order chi connectivity index (χ1) is 9.20. The van der Waals surface area contributed by atoms with E-state index < -0.39 is 6.04 Å². The molecule has 1 aromatic rings. The summed E-state index contributed by atoms with van der Waals surface area (Å²) in [5.74, 6) is 0.0514. The van der Waals surface area contributed by atoms with Crippen molar-refractivity contribution >= 4 is 5.91 Å². The van der Waals surface area contributed by atoms with E-state index in [1.54, 1.807) is 7.11 Å². The average Bonchev–Trinajstić information content (AvgIpc) is 2.94. The van der Waals surface area contributed by atoms with E-state index >= 15 is 0 Å². The van der Waals surface area contributed by atoms with Gasteiger partial charge in [-0.3, -0.25) is 4.79 Å². The van der Waals surface area contributed by atoms with E-state index in [9.17, 15) is 4.79 Å². The Kier molecular flexibility index (Phi) is 4.93. The highest BCUT2D eigenvalue weighted by Gasteiger charge is 2.28. The molecule has 0 aromatic heterocycles. The molecule has 1 fully saturated rings. The summed E-state index contributed by atoms with van der Waals surface area (Å²) in [7, 11) is 1.69. The van der Waals surface area contributed by atoms with Gasteiger partial charge in [0.15, 0.2) is 0 Å². The van der Waals surface area contributed by atoms with Crippen molar-refractivity contribution in [2.45, 2.75) is 31.4 Å². The molecule has 104 valence electrons. The van der Waals surface area contributed by atoms with Crippen LogP contribution in [0.4, 0.5) is 0 Å². The van der Waals surface area contributed by atoms with Gasteiger partial charge in [0.1, 0.15) is 0 Å². The number of methoxy groups -OCH3 is 1. The predicted molar refractivity (Wildman–Crippen MR) is 74.7 cm³/mol. The van der Waals surface area contributed by atoms with Crippen LogP contribution in [-0.4, -0.2) is 43.2 Å². The van der Waals surface area contributed by atoms with Crippen molar-refractivity contribution in [3.05, 3.63) is 35.9 Å². The Morgan fingerprint density at radius 3 is 2.84 bits per heavy atom. The summed E-state index contributed by atoms with van der Waals surface area (Å²) in [6.07, 6.45) is 2.62. The fourth-order valence-corrected chi connectivity index (χ4v) is 2.45. The zero-order valence-corrected chi connectivity index (χ0v) is 11.4. The smallest absolute Gasteiger partial charge is 0.239 e. The summed E-state index contributed by atoms with van der Waals surface area (Å²) in [4.78, 5) is 14.0. The van der Waals surface area contributed by atoms with Crippen LogP contribution in [0.1, 0.15) is 18.4 Å². The number of likely N-dealkylation sites (tertiary alicyclic amines) is 1. The zero-order valence-electron chi connectivity index (χ0n) is 11.4.